The first kappa shape index (κ1) is 19.0. The lowest BCUT2D eigenvalue weighted by Gasteiger charge is -2.36. The van der Waals surface area contributed by atoms with Crippen molar-refractivity contribution in [2.75, 3.05) is 0 Å². The molecule has 0 N–H and O–H groups in total. The highest BCUT2D eigenvalue weighted by Gasteiger charge is 2.28. The van der Waals surface area contributed by atoms with E-state index < -0.39 is 0 Å². The van der Waals surface area contributed by atoms with Gasteiger partial charge in [-0.05, 0) is 70.1 Å². The Morgan fingerprint density at radius 2 is 1.91 bits per heavy atom. The van der Waals surface area contributed by atoms with Crippen molar-refractivity contribution >= 4 is 0 Å². The number of allylic oxidation sites excluding steroid dienone is 6. The Morgan fingerprint density at radius 1 is 1.27 bits per heavy atom. The summed E-state index contributed by atoms with van der Waals surface area (Å²) in [5.41, 5.74) is 6.10. The third-order valence-electron chi connectivity index (χ3n) is 5.86. The van der Waals surface area contributed by atoms with E-state index in [0.29, 0.717) is 11.3 Å². The van der Waals surface area contributed by atoms with Crippen molar-refractivity contribution in [3.05, 3.63) is 47.6 Å². The lowest BCUT2D eigenvalue weighted by Crippen LogP contribution is -2.25. The van der Waals surface area contributed by atoms with Crippen molar-refractivity contribution in [2.45, 2.75) is 73.6 Å². The molecule has 2 aliphatic carbocycles. The molecule has 0 aromatic carbocycles. The second-order valence-electron chi connectivity index (χ2n) is 8.04. The van der Waals surface area contributed by atoms with Crippen LogP contribution in [0, 0.1) is 17.3 Å². The average molecular weight is 301 g/mol. The Labute approximate surface area is 139 Å². The van der Waals surface area contributed by atoms with Gasteiger partial charge in [0, 0.05) is 0 Å². The number of rotatable bonds is 2. The molecule has 0 nitrogen and oxygen atoms in total. The highest BCUT2D eigenvalue weighted by atomic mass is 14.3. The molecule has 0 saturated carbocycles. The Kier molecular flexibility index (Phi) is 6.91. The molecule has 0 bridgehead atoms. The first-order valence-corrected chi connectivity index (χ1v) is 8.81. The van der Waals surface area contributed by atoms with E-state index in [9.17, 15) is 0 Å². The van der Waals surface area contributed by atoms with Crippen LogP contribution in [0.3, 0.4) is 0 Å². The molecular weight excluding hydrogens is 264 g/mol. The standard InChI is InChI=1S/C11H20.C11H16/c1-9(2)11(4)7-5-10(3)6-8-11;1-8(2)11-6-5-9(3)10(4)7-11/h5,9H,6-8H2,1-4H3;5,11H,1,4,6-7H2,2-3H3/t;11-/m.0/s1. The minimum Gasteiger partial charge on any atom is -0.0998 e. The largest absolute Gasteiger partial charge is 0.0998 e. The summed E-state index contributed by atoms with van der Waals surface area (Å²) in [6, 6.07) is 0. The fourth-order valence-electron chi connectivity index (χ4n) is 3.00. The summed E-state index contributed by atoms with van der Waals surface area (Å²) in [4.78, 5) is 0. The number of hydrogen-bond donors (Lipinski definition) is 0. The second-order valence-corrected chi connectivity index (χ2v) is 8.04. The topological polar surface area (TPSA) is 0 Å². The third kappa shape index (κ3) is 5.30. The first-order chi connectivity index (χ1) is 10.2. The Balaban J connectivity index is 0.000000220. The summed E-state index contributed by atoms with van der Waals surface area (Å²) in [5.74, 6) is 1.47. The Hall–Kier alpha value is -1.04. The van der Waals surface area contributed by atoms with Crippen molar-refractivity contribution in [1.82, 2.24) is 0 Å². The van der Waals surface area contributed by atoms with E-state index in [2.05, 4.69) is 66.9 Å². The minimum atomic E-state index is 0.583. The van der Waals surface area contributed by atoms with Gasteiger partial charge in [-0.3, -0.25) is 0 Å². The van der Waals surface area contributed by atoms with Gasteiger partial charge >= 0.3 is 0 Å². The summed E-state index contributed by atoms with van der Waals surface area (Å²) in [7, 11) is 0. The maximum Gasteiger partial charge on any atom is -0.0134 e. The summed E-state index contributed by atoms with van der Waals surface area (Å²) in [5, 5.41) is 0. The van der Waals surface area contributed by atoms with E-state index in [1.54, 1.807) is 5.57 Å². The zero-order valence-corrected chi connectivity index (χ0v) is 15.8. The second kappa shape index (κ2) is 7.99. The molecule has 0 heterocycles. The third-order valence-corrected chi connectivity index (χ3v) is 5.86. The van der Waals surface area contributed by atoms with Crippen LogP contribution in [0.25, 0.3) is 0 Å². The zero-order valence-electron chi connectivity index (χ0n) is 15.8. The van der Waals surface area contributed by atoms with Crippen molar-refractivity contribution in [2.24, 2.45) is 17.3 Å². The number of hydrogen-bond acceptors (Lipinski definition) is 0. The van der Waals surface area contributed by atoms with Crippen molar-refractivity contribution in [3.8, 4) is 0 Å². The normalized spacial score (nSPS) is 28.5. The smallest absolute Gasteiger partial charge is 0.0134 e. The molecule has 2 rings (SSSR count). The van der Waals surface area contributed by atoms with Gasteiger partial charge < -0.3 is 0 Å². The van der Waals surface area contributed by atoms with E-state index >= 15 is 0 Å². The van der Waals surface area contributed by atoms with Crippen LogP contribution in [-0.4, -0.2) is 0 Å². The van der Waals surface area contributed by atoms with Crippen molar-refractivity contribution in [3.63, 3.8) is 0 Å². The van der Waals surface area contributed by atoms with Gasteiger partial charge in [-0.25, -0.2) is 0 Å². The van der Waals surface area contributed by atoms with Crippen LogP contribution in [-0.2, 0) is 0 Å². The van der Waals surface area contributed by atoms with Crippen LogP contribution in [0.2, 0.25) is 0 Å². The molecule has 0 saturated heterocycles. The van der Waals surface area contributed by atoms with Gasteiger partial charge in [-0.15, -0.1) is 0 Å². The van der Waals surface area contributed by atoms with E-state index in [1.807, 2.05) is 0 Å². The molecule has 22 heavy (non-hydrogen) atoms. The molecular formula is C22H36. The van der Waals surface area contributed by atoms with Crippen molar-refractivity contribution in [1.29, 1.82) is 0 Å². The summed E-state index contributed by atoms with van der Waals surface area (Å²) in [6.07, 6.45) is 10.9. The van der Waals surface area contributed by atoms with Gasteiger partial charge in [-0.1, -0.05) is 68.4 Å². The first-order valence-electron chi connectivity index (χ1n) is 8.81. The molecule has 0 aromatic rings. The maximum absolute atomic E-state index is 4.02. The highest BCUT2D eigenvalue weighted by molar-refractivity contribution is 5.31. The van der Waals surface area contributed by atoms with Gasteiger partial charge in [-0.2, -0.15) is 0 Å². The maximum atomic E-state index is 4.02. The molecule has 0 aromatic heterocycles. The van der Waals surface area contributed by atoms with Crippen LogP contribution in [0.15, 0.2) is 47.6 Å². The fraction of sp³-hybridized carbons (Fsp3) is 0.636. The summed E-state index contributed by atoms with van der Waals surface area (Å²) in [6.45, 7) is 21.6. The van der Waals surface area contributed by atoms with E-state index in [1.165, 1.54) is 36.0 Å². The fourth-order valence-corrected chi connectivity index (χ4v) is 3.00. The Morgan fingerprint density at radius 3 is 2.32 bits per heavy atom. The SMILES string of the molecule is C=C1C[C@@H](C(=C)C)CC=C1C.CC1=CCC(C)(C(C)C)CC1. The average Bonchev–Trinajstić information content (AvgIpc) is 2.45. The van der Waals surface area contributed by atoms with Crippen LogP contribution in [0.5, 0.6) is 0 Å². The van der Waals surface area contributed by atoms with Gasteiger partial charge in [0.15, 0.2) is 0 Å². The molecule has 0 spiro atoms. The van der Waals surface area contributed by atoms with Crippen LogP contribution in [0.1, 0.15) is 73.6 Å². The Bertz CT molecular complexity index is 472. The molecule has 0 heteroatoms. The van der Waals surface area contributed by atoms with Gasteiger partial charge in [0.25, 0.3) is 0 Å². The minimum absolute atomic E-state index is 0.583. The molecule has 0 radical (unpaired) electrons. The predicted molar refractivity (Wildman–Crippen MR) is 101 cm³/mol. The molecule has 0 amide bonds. The van der Waals surface area contributed by atoms with Gasteiger partial charge in [0.1, 0.15) is 0 Å². The molecule has 2 atom stereocenters. The van der Waals surface area contributed by atoms with Crippen LogP contribution in [0.4, 0.5) is 0 Å². The van der Waals surface area contributed by atoms with Crippen molar-refractivity contribution < 1.29 is 0 Å². The van der Waals surface area contributed by atoms with Gasteiger partial charge in [0.2, 0.25) is 0 Å². The van der Waals surface area contributed by atoms with Crippen LogP contribution >= 0.6 is 0 Å². The van der Waals surface area contributed by atoms with Crippen LogP contribution < -0.4 is 0 Å². The van der Waals surface area contributed by atoms with Gasteiger partial charge in [0.05, 0.1) is 0 Å². The van der Waals surface area contributed by atoms with E-state index in [-0.39, 0.29) is 0 Å². The lowest BCUT2D eigenvalue weighted by atomic mass is 9.69. The highest BCUT2D eigenvalue weighted by Crippen LogP contribution is 2.40. The van der Waals surface area contributed by atoms with E-state index in [0.717, 1.165) is 18.8 Å². The molecule has 0 fully saturated rings. The molecule has 1 unspecified atom stereocenters. The zero-order chi connectivity index (χ0) is 16.9. The van der Waals surface area contributed by atoms with E-state index in [4.69, 9.17) is 0 Å². The molecule has 124 valence electrons. The summed E-state index contributed by atoms with van der Waals surface area (Å²) < 4.78 is 0. The molecule has 0 aliphatic heterocycles. The molecule has 2 aliphatic rings. The monoisotopic (exact) mass is 300 g/mol. The lowest BCUT2D eigenvalue weighted by molar-refractivity contribution is 0.193. The predicted octanol–water partition coefficient (Wildman–Crippen LogP) is 7.25. The quantitative estimate of drug-likeness (QED) is 0.471. The summed E-state index contributed by atoms with van der Waals surface area (Å²) >= 11 is 0.